The maximum absolute atomic E-state index is 10.2. The second kappa shape index (κ2) is 12.3. The summed E-state index contributed by atoms with van der Waals surface area (Å²) in [4.78, 5) is 0. The van der Waals surface area contributed by atoms with Gasteiger partial charge in [-0.15, -0.1) is 0 Å². The predicted octanol–water partition coefficient (Wildman–Crippen LogP) is 2.03. The van der Waals surface area contributed by atoms with E-state index in [2.05, 4.69) is 0 Å². The van der Waals surface area contributed by atoms with Crippen molar-refractivity contribution in [1.29, 1.82) is 0 Å². The zero-order valence-electron chi connectivity index (χ0n) is 13.8. The first-order valence-electron chi connectivity index (χ1n) is 7.91. The predicted molar refractivity (Wildman–Crippen MR) is 79.7 cm³/mol. The first kappa shape index (κ1) is 20.8. The molecule has 0 rings (SSSR count). The van der Waals surface area contributed by atoms with Gasteiger partial charge in [-0.3, -0.25) is 0 Å². The summed E-state index contributed by atoms with van der Waals surface area (Å²) in [6.07, 6.45) is 1.37. The zero-order chi connectivity index (χ0) is 16.1. The van der Waals surface area contributed by atoms with Crippen LogP contribution < -0.4 is 0 Å². The van der Waals surface area contributed by atoms with Gasteiger partial charge in [-0.2, -0.15) is 0 Å². The minimum Gasteiger partial charge on any atom is -0.393 e. The van der Waals surface area contributed by atoms with Crippen molar-refractivity contribution in [2.45, 2.75) is 71.7 Å². The summed E-state index contributed by atoms with van der Waals surface area (Å²) in [5.41, 5.74) is 0. The topological polar surface area (TPSA) is 77.4 Å². The Morgan fingerprint density at radius 1 is 0.905 bits per heavy atom. The smallest absolute Gasteiger partial charge is 0.337 e. The summed E-state index contributed by atoms with van der Waals surface area (Å²) < 4.78 is 22.0. The number of hydrogen-bond donors (Lipinski definition) is 2. The van der Waals surface area contributed by atoms with Crippen molar-refractivity contribution in [3.8, 4) is 0 Å². The number of rotatable bonds is 14. The van der Waals surface area contributed by atoms with Crippen LogP contribution >= 0.6 is 0 Å². The van der Waals surface area contributed by atoms with E-state index in [1.807, 2.05) is 6.92 Å². The Morgan fingerprint density at radius 3 is 2.00 bits per heavy atom. The van der Waals surface area contributed by atoms with Gasteiger partial charge in [-0.1, -0.05) is 13.3 Å². The number of aliphatic hydroxyl groups is 2. The molecule has 2 N–H and O–H groups in total. The van der Waals surface area contributed by atoms with Gasteiger partial charge in [0, 0.05) is 13.2 Å². The molecule has 0 saturated heterocycles. The molecular formula is C15H32O6. The van der Waals surface area contributed by atoms with Crippen molar-refractivity contribution < 1.29 is 29.2 Å². The average molecular weight is 308 g/mol. The third-order valence-electron chi connectivity index (χ3n) is 2.84. The van der Waals surface area contributed by atoms with Crippen LogP contribution in [0.5, 0.6) is 0 Å². The molecule has 6 nitrogen and oxygen atoms in total. The van der Waals surface area contributed by atoms with Gasteiger partial charge in [-0.25, -0.2) is 0 Å². The van der Waals surface area contributed by atoms with Crippen molar-refractivity contribution >= 4 is 0 Å². The molecule has 0 aliphatic carbocycles. The molecule has 128 valence electrons. The molecule has 0 radical (unpaired) electrons. The van der Waals surface area contributed by atoms with Gasteiger partial charge in [0.25, 0.3) is 0 Å². The van der Waals surface area contributed by atoms with Gasteiger partial charge >= 0.3 is 5.97 Å². The summed E-state index contributed by atoms with van der Waals surface area (Å²) >= 11 is 0. The van der Waals surface area contributed by atoms with Crippen molar-refractivity contribution in [2.24, 2.45) is 0 Å². The van der Waals surface area contributed by atoms with Gasteiger partial charge < -0.3 is 29.2 Å². The standard InChI is InChI=1S/C15H32O6/c1-5-8-11-18-14(17)15(19-6-2,20-7-3)21-12-9-10-13(4)16/h13-14,16-17H,5-12H2,1-4H3. The van der Waals surface area contributed by atoms with Crippen LogP contribution in [0.3, 0.4) is 0 Å². The van der Waals surface area contributed by atoms with Crippen molar-refractivity contribution in [2.75, 3.05) is 26.4 Å². The second-order valence-corrected chi connectivity index (χ2v) is 4.89. The van der Waals surface area contributed by atoms with Gasteiger partial charge in [0.2, 0.25) is 6.29 Å². The van der Waals surface area contributed by atoms with Crippen molar-refractivity contribution in [1.82, 2.24) is 0 Å². The molecule has 0 saturated carbocycles. The zero-order valence-corrected chi connectivity index (χ0v) is 13.8. The van der Waals surface area contributed by atoms with E-state index in [9.17, 15) is 10.2 Å². The Hall–Kier alpha value is -0.240. The summed E-state index contributed by atoms with van der Waals surface area (Å²) in [5, 5.41) is 19.5. The molecule has 0 aromatic heterocycles. The highest BCUT2D eigenvalue weighted by Crippen LogP contribution is 2.23. The summed E-state index contributed by atoms with van der Waals surface area (Å²) in [5.74, 6) is -1.60. The molecule has 0 aliphatic heterocycles. The maximum atomic E-state index is 10.2. The number of aliphatic hydroxyl groups excluding tert-OH is 2. The van der Waals surface area contributed by atoms with E-state index in [4.69, 9.17) is 18.9 Å². The minimum atomic E-state index is -1.60. The van der Waals surface area contributed by atoms with Crippen molar-refractivity contribution in [3.63, 3.8) is 0 Å². The first-order chi connectivity index (χ1) is 10.0. The third-order valence-corrected chi connectivity index (χ3v) is 2.84. The van der Waals surface area contributed by atoms with E-state index in [1.54, 1.807) is 20.8 Å². The Kier molecular flexibility index (Phi) is 12.2. The number of ether oxygens (including phenoxy) is 4. The quantitative estimate of drug-likeness (QED) is 0.378. The van der Waals surface area contributed by atoms with Crippen LogP contribution in [0.15, 0.2) is 0 Å². The van der Waals surface area contributed by atoms with Crippen LogP contribution in [0.25, 0.3) is 0 Å². The molecule has 0 bridgehead atoms. The molecule has 21 heavy (non-hydrogen) atoms. The molecule has 0 aromatic rings. The molecule has 2 atom stereocenters. The largest absolute Gasteiger partial charge is 0.393 e. The third kappa shape index (κ3) is 8.70. The van der Waals surface area contributed by atoms with E-state index >= 15 is 0 Å². The molecule has 0 aliphatic rings. The Labute approximate surface area is 128 Å². The molecule has 6 heteroatoms. The van der Waals surface area contributed by atoms with Gasteiger partial charge in [0.05, 0.1) is 19.3 Å². The summed E-state index contributed by atoms with van der Waals surface area (Å²) in [6.45, 7) is 8.73. The van der Waals surface area contributed by atoms with Gasteiger partial charge in [0.1, 0.15) is 0 Å². The van der Waals surface area contributed by atoms with Gasteiger partial charge in [-0.05, 0) is 40.0 Å². The number of hydrogen-bond acceptors (Lipinski definition) is 6. The van der Waals surface area contributed by atoms with Crippen LogP contribution in [0.4, 0.5) is 0 Å². The second-order valence-electron chi connectivity index (χ2n) is 4.89. The van der Waals surface area contributed by atoms with Crippen molar-refractivity contribution in [3.05, 3.63) is 0 Å². The van der Waals surface area contributed by atoms with E-state index in [0.717, 1.165) is 12.8 Å². The maximum Gasteiger partial charge on any atom is 0.337 e. The lowest BCUT2D eigenvalue weighted by atomic mass is 10.2. The molecule has 0 spiro atoms. The van der Waals surface area contributed by atoms with Crippen LogP contribution in [0, 0.1) is 0 Å². The SMILES string of the molecule is CCCCOC(O)C(OCC)(OCC)OCCCC(C)O. The number of unbranched alkanes of at least 4 members (excludes halogenated alkanes) is 1. The fourth-order valence-corrected chi connectivity index (χ4v) is 1.78. The lowest BCUT2D eigenvalue weighted by Gasteiger charge is -2.35. The lowest BCUT2D eigenvalue weighted by Crippen LogP contribution is -2.51. The summed E-state index contributed by atoms with van der Waals surface area (Å²) in [7, 11) is 0. The Bertz CT molecular complexity index is 228. The van der Waals surface area contributed by atoms with E-state index in [0.29, 0.717) is 39.3 Å². The monoisotopic (exact) mass is 308 g/mol. The molecule has 2 unspecified atom stereocenters. The Morgan fingerprint density at radius 2 is 1.52 bits per heavy atom. The first-order valence-corrected chi connectivity index (χ1v) is 7.91. The average Bonchev–Trinajstić information content (AvgIpc) is 2.43. The molecule has 0 heterocycles. The van der Waals surface area contributed by atoms with Gasteiger partial charge in [0.15, 0.2) is 0 Å². The van der Waals surface area contributed by atoms with Crippen LogP contribution in [-0.4, -0.2) is 55.0 Å². The van der Waals surface area contributed by atoms with Crippen LogP contribution in [-0.2, 0) is 18.9 Å². The minimum absolute atomic E-state index is 0.305. The molecule has 0 fully saturated rings. The van der Waals surface area contributed by atoms with Crippen LogP contribution in [0.2, 0.25) is 0 Å². The van der Waals surface area contributed by atoms with E-state index in [1.165, 1.54) is 0 Å². The van der Waals surface area contributed by atoms with E-state index < -0.39 is 12.3 Å². The molecule has 0 aromatic carbocycles. The highest BCUT2D eigenvalue weighted by Gasteiger charge is 2.43. The Balaban J connectivity index is 4.55. The fourth-order valence-electron chi connectivity index (χ4n) is 1.78. The fraction of sp³-hybridized carbons (Fsp3) is 1.00. The normalized spacial score (nSPS) is 15.1. The molecular weight excluding hydrogens is 276 g/mol. The summed E-state index contributed by atoms with van der Waals surface area (Å²) in [6, 6.07) is 0. The molecule has 0 amide bonds. The highest BCUT2D eigenvalue weighted by molar-refractivity contribution is 4.63. The highest BCUT2D eigenvalue weighted by atomic mass is 16.9. The van der Waals surface area contributed by atoms with Crippen LogP contribution in [0.1, 0.15) is 53.4 Å². The van der Waals surface area contributed by atoms with E-state index in [-0.39, 0.29) is 6.10 Å². The lowest BCUT2D eigenvalue weighted by molar-refractivity contribution is -0.449.